The van der Waals surface area contributed by atoms with Crippen LogP contribution in [0, 0.1) is 0 Å². The molecule has 1 atom stereocenters. The molecule has 25 heavy (non-hydrogen) atoms. The Kier molecular flexibility index (Phi) is 10.5. The molecule has 0 aromatic heterocycles. The zero-order valence-corrected chi connectivity index (χ0v) is 16.8. The molecule has 0 heterocycles. The molecule has 0 radical (unpaired) electrons. The standard InChI is InChI=1S/C22H38NO2/c1-5-6-7-8-9-10-11-15-18-21(23(2,3)4)22(24)25-19-20-16-13-12-14-17-20/h12-14,16-17,21H,5-11,15,18-19H2,1-4H3/q+1/t21-/m1/s1. The highest BCUT2D eigenvalue weighted by Crippen LogP contribution is 2.17. The highest BCUT2D eigenvalue weighted by molar-refractivity contribution is 5.74. The third-order valence-electron chi connectivity index (χ3n) is 4.76. The summed E-state index contributed by atoms with van der Waals surface area (Å²) in [6.07, 6.45) is 11.2. The van der Waals surface area contributed by atoms with Crippen LogP contribution in [0.25, 0.3) is 0 Å². The Balaban J connectivity index is 2.32. The number of hydrogen-bond acceptors (Lipinski definition) is 2. The number of nitrogens with zero attached hydrogens (tertiary/aromatic N) is 1. The van der Waals surface area contributed by atoms with Gasteiger partial charge in [0.25, 0.3) is 0 Å². The van der Waals surface area contributed by atoms with Gasteiger partial charge in [-0.25, -0.2) is 4.79 Å². The summed E-state index contributed by atoms with van der Waals surface area (Å²) in [6, 6.07) is 9.83. The third kappa shape index (κ3) is 9.64. The van der Waals surface area contributed by atoms with E-state index in [9.17, 15) is 4.79 Å². The summed E-state index contributed by atoms with van der Waals surface area (Å²) in [5, 5.41) is 0. The largest absolute Gasteiger partial charge is 0.456 e. The Bertz CT molecular complexity index is 465. The van der Waals surface area contributed by atoms with Crippen LogP contribution in [0.1, 0.15) is 70.3 Å². The van der Waals surface area contributed by atoms with Crippen molar-refractivity contribution in [3.05, 3.63) is 35.9 Å². The van der Waals surface area contributed by atoms with Gasteiger partial charge in [-0.1, -0.05) is 82.2 Å². The van der Waals surface area contributed by atoms with Crippen LogP contribution in [0.5, 0.6) is 0 Å². The first kappa shape index (κ1) is 21.7. The summed E-state index contributed by atoms with van der Waals surface area (Å²) in [4.78, 5) is 12.6. The number of benzene rings is 1. The first-order valence-electron chi connectivity index (χ1n) is 9.97. The van der Waals surface area contributed by atoms with Gasteiger partial charge in [-0.15, -0.1) is 0 Å². The van der Waals surface area contributed by atoms with Crippen molar-refractivity contribution >= 4 is 5.97 Å². The lowest BCUT2D eigenvalue weighted by Gasteiger charge is -2.32. The Morgan fingerprint density at radius 2 is 1.48 bits per heavy atom. The van der Waals surface area contributed by atoms with Gasteiger partial charge in [0, 0.05) is 6.42 Å². The number of likely N-dealkylation sites (N-methyl/N-ethyl adjacent to an activating group) is 1. The fourth-order valence-corrected chi connectivity index (χ4v) is 3.12. The smallest absolute Gasteiger partial charge is 0.365 e. The van der Waals surface area contributed by atoms with Gasteiger partial charge in [0.15, 0.2) is 6.04 Å². The summed E-state index contributed by atoms with van der Waals surface area (Å²) < 4.78 is 6.21. The SMILES string of the molecule is CCCCCCCCCC[C@H](C(=O)OCc1ccccc1)[N+](C)(C)C. The van der Waals surface area contributed by atoms with E-state index in [-0.39, 0.29) is 12.0 Å². The molecule has 0 amide bonds. The summed E-state index contributed by atoms with van der Waals surface area (Å²) in [7, 11) is 6.25. The van der Waals surface area contributed by atoms with E-state index in [0.717, 1.165) is 18.4 Å². The van der Waals surface area contributed by atoms with Crippen molar-refractivity contribution in [3.8, 4) is 0 Å². The van der Waals surface area contributed by atoms with E-state index in [1.165, 1.54) is 44.9 Å². The second kappa shape index (κ2) is 12.1. The van der Waals surface area contributed by atoms with E-state index in [1.807, 2.05) is 30.3 Å². The molecule has 1 aromatic carbocycles. The molecule has 0 aliphatic heterocycles. The van der Waals surface area contributed by atoms with Crippen LogP contribution in [-0.4, -0.2) is 37.6 Å². The molecular weight excluding hydrogens is 310 g/mol. The van der Waals surface area contributed by atoms with E-state index in [4.69, 9.17) is 4.74 Å². The number of carbonyl (C=O) groups is 1. The molecule has 0 spiro atoms. The first-order chi connectivity index (χ1) is 11.9. The van der Waals surface area contributed by atoms with Crippen LogP contribution in [0.15, 0.2) is 30.3 Å². The monoisotopic (exact) mass is 348 g/mol. The van der Waals surface area contributed by atoms with Gasteiger partial charge in [-0.3, -0.25) is 0 Å². The zero-order chi connectivity index (χ0) is 18.5. The molecule has 3 nitrogen and oxygen atoms in total. The topological polar surface area (TPSA) is 26.3 Å². The van der Waals surface area contributed by atoms with Crippen molar-refractivity contribution in [1.29, 1.82) is 0 Å². The molecule has 0 aliphatic carbocycles. The molecule has 3 heteroatoms. The van der Waals surface area contributed by atoms with Gasteiger partial charge < -0.3 is 9.22 Å². The zero-order valence-electron chi connectivity index (χ0n) is 16.8. The van der Waals surface area contributed by atoms with Crippen molar-refractivity contribution < 1.29 is 14.0 Å². The number of rotatable bonds is 13. The summed E-state index contributed by atoms with van der Waals surface area (Å²) in [6.45, 7) is 2.62. The lowest BCUT2D eigenvalue weighted by Crippen LogP contribution is -2.50. The predicted molar refractivity (Wildman–Crippen MR) is 105 cm³/mol. The van der Waals surface area contributed by atoms with E-state index in [2.05, 4.69) is 28.1 Å². The Morgan fingerprint density at radius 3 is 2.04 bits per heavy atom. The Hall–Kier alpha value is -1.35. The van der Waals surface area contributed by atoms with Crippen LogP contribution in [-0.2, 0) is 16.1 Å². The number of hydrogen-bond donors (Lipinski definition) is 0. The number of carbonyl (C=O) groups excluding carboxylic acids is 1. The molecule has 0 saturated heterocycles. The van der Waals surface area contributed by atoms with E-state index in [0.29, 0.717) is 11.1 Å². The number of unbranched alkanes of at least 4 members (excludes halogenated alkanes) is 7. The first-order valence-corrected chi connectivity index (χ1v) is 9.97. The van der Waals surface area contributed by atoms with Gasteiger partial charge in [-0.2, -0.15) is 0 Å². The average Bonchev–Trinajstić information content (AvgIpc) is 2.58. The van der Waals surface area contributed by atoms with E-state index in [1.54, 1.807) is 0 Å². The molecular formula is C22H38NO2+. The number of esters is 1. The normalized spacial score (nSPS) is 12.8. The predicted octanol–water partition coefficient (Wildman–Crippen LogP) is 5.34. The van der Waals surface area contributed by atoms with Gasteiger partial charge in [-0.05, 0) is 12.0 Å². The fraction of sp³-hybridized carbons (Fsp3) is 0.682. The maximum Gasteiger partial charge on any atom is 0.365 e. The van der Waals surface area contributed by atoms with Gasteiger partial charge in [0.1, 0.15) is 6.61 Å². The van der Waals surface area contributed by atoms with Crippen LogP contribution in [0.2, 0.25) is 0 Å². The Morgan fingerprint density at radius 1 is 0.920 bits per heavy atom. The molecule has 0 aliphatic rings. The van der Waals surface area contributed by atoms with Crippen LogP contribution in [0.3, 0.4) is 0 Å². The lowest BCUT2D eigenvalue weighted by atomic mass is 10.0. The molecule has 1 rings (SSSR count). The molecule has 0 saturated carbocycles. The second-order valence-electron chi connectivity index (χ2n) is 7.99. The minimum absolute atomic E-state index is 0.0701. The molecule has 1 aromatic rings. The minimum atomic E-state index is -0.0798. The molecule has 0 fully saturated rings. The van der Waals surface area contributed by atoms with Crippen LogP contribution < -0.4 is 0 Å². The van der Waals surface area contributed by atoms with Crippen molar-refractivity contribution in [2.45, 2.75) is 77.4 Å². The number of ether oxygens (including phenoxy) is 1. The molecule has 0 unspecified atom stereocenters. The fourth-order valence-electron chi connectivity index (χ4n) is 3.12. The maximum absolute atomic E-state index is 12.6. The molecule has 0 bridgehead atoms. The molecule has 142 valence electrons. The van der Waals surface area contributed by atoms with E-state index >= 15 is 0 Å². The second-order valence-corrected chi connectivity index (χ2v) is 7.99. The van der Waals surface area contributed by atoms with Crippen LogP contribution in [0.4, 0.5) is 0 Å². The molecule has 0 N–H and O–H groups in total. The van der Waals surface area contributed by atoms with Gasteiger partial charge >= 0.3 is 5.97 Å². The minimum Gasteiger partial charge on any atom is -0.456 e. The van der Waals surface area contributed by atoms with Crippen molar-refractivity contribution in [2.75, 3.05) is 21.1 Å². The summed E-state index contributed by atoms with van der Waals surface area (Å²) >= 11 is 0. The lowest BCUT2D eigenvalue weighted by molar-refractivity contribution is -0.887. The summed E-state index contributed by atoms with van der Waals surface area (Å²) in [5.41, 5.74) is 1.04. The van der Waals surface area contributed by atoms with E-state index < -0.39 is 0 Å². The van der Waals surface area contributed by atoms with Gasteiger partial charge in [0.2, 0.25) is 0 Å². The third-order valence-corrected chi connectivity index (χ3v) is 4.76. The highest BCUT2D eigenvalue weighted by atomic mass is 16.5. The van der Waals surface area contributed by atoms with Gasteiger partial charge in [0.05, 0.1) is 21.1 Å². The summed E-state index contributed by atoms with van der Waals surface area (Å²) in [5.74, 6) is -0.0701. The van der Waals surface area contributed by atoms with Crippen LogP contribution >= 0.6 is 0 Å². The van der Waals surface area contributed by atoms with Crippen molar-refractivity contribution in [1.82, 2.24) is 0 Å². The number of quaternary nitrogens is 1. The quantitative estimate of drug-likeness (QED) is 0.273. The Labute approximate surface area is 155 Å². The van der Waals surface area contributed by atoms with Crippen molar-refractivity contribution in [3.63, 3.8) is 0 Å². The maximum atomic E-state index is 12.6. The highest BCUT2D eigenvalue weighted by Gasteiger charge is 2.32. The van der Waals surface area contributed by atoms with Crippen molar-refractivity contribution in [2.24, 2.45) is 0 Å². The average molecular weight is 349 g/mol.